The van der Waals surface area contributed by atoms with Gasteiger partial charge >= 0.3 is 0 Å². The van der Waals surface area contributed by atoms with Gasteiger partial charge in [-0.3, -0.25) is 5.10 Å². The quantitative estimate of drug-likeness (QED) is 0.507. The highest BCUT2D eigenvalue weighted by atomic mass is 19.1. The highest BCUT2D eigenvalue weighted by Gasteiger charge is 2.27. The average Bonchev–Trinajstić information content (AvgIpc) is 3.49. The second-order valence-corrected chi connectivity index (χ2v) is 7.27. The molecule has 4 heterocycles. The lowest BCUT2D eigenvalue weighted by molar-refractivity contribution is -0.00147. The lowest BCUT2D eigenvalue weighted by atomic mass is 10.1. The zero-order valence-corrected chi connectivity index (χ0v) is 16.4. The van der Waals surface area contributed by atoms with Crippen molar-refractivity contribution in [3.63, 3.8) is 0 Å². The van der Waals surface area contributed by atoms with E-state index in [2.05, 4.69) is 20.6 Å². The van der Waals surface area contributed by atoms with Gasteiger partial charge in [0.2, 0.25) is 0 Å². The molecule has 0 saturated carbocycles. The van der Waals surface area contributed by atoms with Gasteiger partial charge in [-0.05, 0) is 43.2 Å². The number of ether oxygens (including phenoxy) is 2. The minimum Gasteiger partial charge on any atom is -0.379 e. The number of aromatic nitrogens is 5. The number of H-pyrrole nitrogens is 1. The first kappa shape index (κ1) is 18.7. The van der Waals surface area contributed by atoms with Crippen LogP contribution in [0.2, 0.25) is 0 Å². The Bertz CT molecular complexity index is 1150. The zero-order valence-electron chi connectivity index (χ0n) is 16.4. The number of halogens is 1. The molecule has 30 heavy (non-hydrogen) atoms. The van der Waals surface area contributed by atoms with Crippen LogP contribution in [0.3, 0.4) is 0 Å². The summed E-state index contributed by atoms with van der Waals surface area (Å²) in [6.07, 6.45) is 2.00. The van der Waals surface area contributed by atoms with Gasteiger partial charge in [0.15, 0.2) is 17.5 Å². The molecular formula is C21H21FN6O2. The van der Waals surface area contributed by atoms with E-state index in [-0.39, 0.29) is 11.9 Å². The SMILES string of the molecule is Cc1cc(Nc2nc(C(O[C@@H]3CCOC3)c3ccc(F)cc3)nn3cccc23)n[nH]1. The van der Waals surface area contributed by atoms with Crippen molar-refractivity contribution in [2.24, 2.45) is 0 Å². The number of hydrogen-bond donors (Lipinski definition) is 2. The molecule has 1 aliphatic rings. The van der Waals surface area contributed by atoms with Crippen molar-refractivity contribution < 1.29 is 13.9 Å². The molecule has 0 spiro atoms. The van der Waals surface area contributed by atoms with Gasteiger partial charge < -0.3 is 14.8 Å². The first-order chi connectivity index (χ1) is 14.7. The van der Waals surface area contributed by atoms with Gasteiger partial charge in [-0.25, -0.2) is 13.9 Å². The van der Waals surface area contributed by atoms with Gasteiger partial charge in [0, 0.05) is 24.6 Å². The van der Waals surface area contributed by atoms with Crippen molar-refractivity contribution in [1.29, 1.82) is 0 Å². The van der Waals surface area contributed by atoms with Gasteiger partial charge in [-0.15, -0.1) is 5.10 Å². The van der Waals surface area contributed by atoms with Crippen molar-refractivity contribution in [1.82, 2.24) is 24.8 Å². The van der Waals surface area contributed by atoms with E-state index >= 15 is 0 Å². The molecular weight excluding hydrogens is 387 g/mol. The van der Waals surface area contributed by atoms with E-state index in [1.807, 2.05) is 31.3 Å². The van der Waals surface area contributed by atoms with Crippen LogP contribution in [0.15, 0.2) is 48.7 Å². The summed E-state index contributed by atoms with van der Waals surface area (Å²) in [5.41, 5.74) is 2.52. The molecule has 1 aromatic carbocycles. The highest BCUT2D eigenvalue weighted by Crippen LogP contribution is 2.29. The summed E-state index contributed by atoms with van der Waals surface area (Å²) < 4.78 is 27.0. The molecule has 0 bridgehead atoms. The summed E-state index contributed by atoms with van der Waals surface area (Å²) in [5.74, 6) is 1.42. The number of benzene rings is 1. The van der Waals surface area contributed by atoms with Crippen molar-refractivity contribution in [2.75, 3.05) is 18.5 Å². The van der Waals surface area contributed by atoms with Crippen LogP contribution in [0, 0.1) is 12.7 Å². The molecule has 5 rings (SSSR count). The van der Waals surface area contributed by atoms with Crippen LogP contribution >= 0.6 is 0 Å². The topological polar surface area (TPSA) is 89.4 Å². The minimum atomic E-state index is -0.564. The first-order valence-corrected chi connectivity index (χ1v) is 9.79. The lowest BCUT2D eigenvalue weighted by Gasteiger charge is -2.21. The Morgan fingerprint density at radius 2 is 2.17 bits per heavy atom. The Balaban J connectivity index is 1.57. The fourth-order valence-corrected chi connectivity index (χ4v) is 3.50. The van der Waals surface area contributed by atoms with E-state index in [0.29, 0.717) is 30.7 Å². The van der Waals surface area contributed by atoms with E-state index in [4.69, 9.17) is 14.5 Å². The Hall–Kier alpha value is -3.30. The minimum absolute atomic E-state index is 0.0746. The second-order valence-electron chi connectivity index (χ2n) is 7.27. The Morgan fingerprint density at radius 3 is 2.90 bits per heavy atom. The maximum Gasteiger partial charge on any atom is 0.184 e. The fourth-order valence-electron chi connectivity index (χ4n) is 3.50. The van der Waals surface area contributed by atoms with E-state index in [0.717, 1.165) is 23.2 Å². The number of anilines is 2. The standard InChI is InChI=1S/C21H21FN6O2/c1-13-11-18(26-25-13)23-20-17-3-2-9-28(17)27-21(24-20)19(30-16-8-10-29-12-16)14-4-6-15(22)7-5-14/h2-7,9,11,16,19H,8,10,12H2,1H3,(H2,23,24,25,26,27)/t16-,19?/m1/s1. The van der Waals surface area contributed by atoms with Gasteiger partial charge in [-0.2, -0.15) is 5.10 Å². The van der Waals surface area contributed by atoms with Crippen LogP contribution < -0.4 is 5.32 Å². The summed E-state index contributed by atoms with van der Waals surface area (Å²) in [5, 5.41) is 15.1. The molecule has 9 heteroatoms. The molecule has 4 aromatic rings. The van der Waals surface area contributed by atoms with Crippen LogP contribution in [0.5, 0.6) is 0 Å². The smallest absolute Gasteiger partial charge is 0.184 e. The van der Waals surface area contributed by atoms with Crippen LogP contribution in [0.25, 0.3) is 5.52 Å². The van der Waals surface area contributed by atoms with Crippen molar-refractivity contribution in [3.05, 3.63) is 71.6 Å². The number of hydrogen-bond acceptors (Lipinski definition) is 6. The third kappa shape index (κ3) is 3.77. The number of aryl methyl sites for hydroxylation is 1. The summed E-state index contributed by atoms with van der Waals surface area (Å²) >= 11 is 0. The molecule has 154 valence electrons. The summed E-state index contributed by atoms with van der Waals surface area (Å²) in [7, 11) is 0. The number of nitrogens with zero attached hydrogens (tertiary/aromatic N) is 4. The Kier molecular flexibility index (Phi) is 4.89. The number of nitrogens with one attached hydrogen (secondary N) is 2. The highest BCUT2D eigenvalue weighted by molar-refractivity contribution is 5.72. The fraction of sp³-hybridized carbons (Fsp3) is 0.286. The summed E-state index contributed by atoms with van der Waals surface area (Å²) in [6.45, 7) is 3.10. The van der Waals surface area contributed by atoms with Crippen LogP contribution in [0.4, 0.5) is 16.0 Å². The van der Waals surface area contributed by atoms with E-state index in [9.17, 15) is 4.39 Å². The van der Waals surface area contributed by atoms with Gasteiger partial charge in [-0.1, -0.05) is 12.1 Å². The summed E-state index contributed by atoms with van der Waals surface area (Å²) in [4.78, 5) is 4.76. The molecule has 0 radical (unpaired) electrons. The first-order valence-electron chi connectivity index (χ1n) is 9.79. The molecule has 3 aromatic heterocycles. The number of rotatable bonds is 6. The van der Waals surface area contributed by atoms with Crippen molar-refractivity contribution in [2.45, 2.75) is 25.6 Å². The predicted octanol–water partition coefficient (Wildman–Crippen LogP) is 3.54. The molecule has 8 nitrogen and oxygen atoms in total. The van der Waals surface area contributed by atoms with Crippen LogP contribution in [-0.2, 0) is 9.47 Å². The number of fused-ring (bicyclic) bond motifs is 1. The molecule has 2 atom stereocenters. The Morgan fingerprint density at radius 1 is 1.30 bits per heavy atom. The predicted molar refractivity (Wildman–Crippen MR) is 108 cm³/mol. The maximum absolute atomic E-state index is 13.5. The molecule has 1 aliphatic heterocycles. The number of aromatic amines is 1. The van der Waals surface area contributed by atoms with E-state index in [1.165, 1.54) is 12.1 Å². The largest absolute Gasteiger partial charge is 0.379 e. The second kappa shape index (κ2) is 7.85. The molecule has 0 amide bonds. The monoisotopic (exact) mass is 408 g/mol. The lowest BCUT2D eigenvalue weighted by Crippen LogP contribution is -2.21. The van der Waals surface area contributed by atoms with Crippen molar-refractivity contribution in [3.8, 4) is 0 Å². The van der Waals surface area contributed by atoms with E-state index in [1.54, 1.807) is 16.6 Å². The average molecular weight is 408 g/mol. The van der Waals surface area contributed by atoms with Crippen LogP contribution in [0.1, 0.15) is 29.6 Å². The van der Waals surface area contributed by atoms with Gasteiger partial charge in [0.25, 0.3) is 0 Å². The third-order valence-electron chi connectivity index (χ3n) is 4.98. The Labute approximate surface area is 172 Å². The molecule has 2 N–H and O–H groups in total. The molecule has 0 aliphatic carbocycles. The zero-order chi connectivity index (χ0) is 20.5. The third-order valence-corrected chi connectivity index (χ3v) is 4.98. The molecule has 1 fully saturated rings. The van der Waals surface area contributed by atoms with Gasteiger partial charge in [0.1, 0.15) is 17.4 Å². The van der Waals surface area contributed by atoms with E-state index < -0.39 is 6.10 Å². The molecule has 1 unspecified atom stereocenters. The van der Waals surface area contributed by atoms with Crippen molar-refractivity contribution >= 4 is 17.2 Å². The van der Waals surface area contributed by atoms with Crippen LogP contribution in [-0.4, -0.2) is 44.1 Å². The normalized spacial score (nSPS) is 17.5. The van der Waals surface area contributed by atoms with Gasteiger partial charge in [0.05, 0.1) is 12.7 Å². The summed E-state index contributed by atoms with van der Waals surface area (Å²) in [6, 6.07) is 11.9. The molecule has 1 saturated heterocycles. The maximum atomic E-state index is 13.5.